The molecule has 1 atom stereocenters. The lowest BCUT2D eigenvalue weighted by Crippen LogP contribution is -2.38. The summed E-state index contributed by atoms with van der Waals surface area (Å²) in [6.07, 6.45) is 0.736. The number of benzene rings is 2. The topological polar surface area (TPSA) is 50.4 Å². The van der Waals surface area contributed by atoms with Gasteiger partial charge in [-0.2, -0.15) is 0 Å². The third-order valence-electron chi connectivity index (χ3n) is 3.69. The summed E-state index contributed by atoms with van der Waals surface area (Å²) in [5.74, 6) is 0.821. The van der Waals surface area contributed by atoms with Gasteiger partial charge >= 0.3 is 0 Å². The van der Waals surface area contributed by atoms with Crippen molar-refractivity contribution in [1.82, 2.24) is 5.32 Å². The summed E-state index contributed by atoms with van der Waals surface area (Å²) in [6.45, 7) is 0.505. The van der Waals surface area contributed by atoms with Crippen molar-refractivity contribution in [2.24, 2.45) is 0 Å². The second kappa shape index (κ2) is 5.87. The van der Waals surface area contributed by atoms with Crippen molar-refractivity contribution in [3.8, 4) is 5.75 Å². The number of rotatable bonds is 4. The molecule has 21 heavy (non-hydrogen) atoms. The second-order valence-corrected chi connectivity index (χ2v) is 5.13. The van der Waals surface area contributed by atoms with E-state index in [9.17, 15) is 4.79 Å². The Morgan fingerprint density at radius 1 is 1.29 bits per heavy atom. The molecule has 1 aliphatic rings. The molecule has 0 saturated carbocycles. The maximum absolute atomic E-state index is 12.2. The van der Waals surface area contributed by atoms with Crippen LogP contribution >= 0.6 is 0 Å². The first-order valence-corrected chi connectivity index (χ1v) is 7.01. The standard InChI is InChI=1S/C17H18N2O2/c1-21-14-7-4-5-12(9-14)11-18-17(20)16-10-13-6-2-3-8-15(13)19-16/h2-9,16,19H,10-11H2,1H3,(H,18,20). The zero-order valence-electron chi connectivity index (χ0n) is 11.9. The van der Waals surface area contributed by atoms with Crippen molar-refractivity contribution in [2.75, 3.05) is 12.4 Å². The zero-order chi connectivity index (χ0) is 14.7. The molecule has 0 spiro atoms. The van der Waals surface area contributed by atoms with Crippen LogP contribution in [0, 0.1) is 0 Å². The van der Waals surface area contributed by atoms with Gasteiger partial charge < -0.3 is 15.4 Å². The molecule has 0 bridgehead atoms. The van der Waals surface area contributed by atoms with Crippen LogP contribution in [0.15, 0.2) is 48.5 Å². The molecule has 0 fully saturated rings. The van der Waals surface area contributed by atoms with Gasteiger partial charge in [-0.3, -0.25) is 4.79 Å². The summed E-state index contributed by atoms with van der Waals surface area (Å²) >= 11 is 0. The third-order valence-corrected chi connectivity index (χ3v) is 3.69. The lowest BCUT2D eigenvalue weighted by atomic mass is 10.1. The fourth-order valence-electron chi connectivity index (χ4n) is 2.55. The van der Waals surface area contributed by atoms with Gasteiger partial charge in [-0.25, -0.2) is 0 Å². The summed E-state index contributed by atoms with van der Waals surface area (Å²) in [4.78, 5) is 12.2. The largest absolute Gasteiger partial charge is 0.497 e. The Labute approximate surface area is 124 Å². The maximum atomic E-state index is 12.2. The molecule has 1 aliphatic heterocycles. The Morgan fingerprint density at radius 2 is 2.14 bits per heavy atom. The van der Waals surface area contributed by atoms with Crippen LogP contribution in [0.25, 0.3) is 0 Å². The molecule has 2 N–H and O–H groups in total. The van der Waals surface area contributed by atoms with Gasteiger partial charge in [0.05, 0.1) is 7.11 Å². The highest BCUT2D eigenvalue weighted by Gasteiger charge is 2.25. The van der Waals surface area contributed by atoms with Gasteiger partial charge in [0.15, 0.2) is 0 Å². The van der Waals surface area contributed by atoms with Gasteiger partial charge in [-0.05, 0) is 29.3 Å². The Kier molecular flexibility index (Phi) is 3.77. The molecule has 0 aromatic heterocycles. The third kappa shape index (κ3) is 2.99. The normalized spacial score (nSPS) is 16.0. The Hall–Kier alpha value is -2.49. The first-order valence-electron chi connectivity index (χ1n) is 7.01. The molecule has 0 saturated heterocycles. The molecule has 4 nitrogen and oxygen atoms in total. The molecule has 1 amide bonds. The predicted molar refractivity (Wildman–Crippen MR) is 82.4 cm³/mol. The lowest BCUT2D eigenvalue weighted by Gasteiger charge is -2.12. The van der Waals surface area contributed by atoms with E-state index >= 15 is 0 Å². The summed E-state index contributed by atoms with van der Waals surface area (Å²) in [5.41, 5.74) is 3.27. The number of para-hydroxylation sites is 1. The molecular formula is C17H18N2O2. The van der Waals surface area contributed by atoms with Gasteiger partial charge in [-0.1, -0.05) is 30.3 Å². The van der Waals surface area contributed by atoms with E-state index in [4.69, 9.17) is 4.74 Å². The zero-order valence-corrected chi connectivity index (χ0v) is 11.9. The number of carbonyl (C=O) groups is 1. The number of methoxy groups -OCH3 is 1. The number of carbonyl (C=O) groups excluding carboxylic acids is 1. The van der Waals surface area contributed by atoms with Crippen molar-refractivity contribution in [2.45, 2.75) is 19.0 Å². The smallest absolute Gasteiger partial charge is 0.243 e. The van der Waals surface area contributed by atoms with Crippen LogP contribution in [-0.2, 0) is 17.8 Å². The van der Waals surface area contributed by atoms with Crippen LogP contribution in [0.2, 0.25) is 0 Å². The van der Waals surface area contributed by atoms with E-state index in [1.165, 1.54) is 5.56 Å². The highest BCUT2D eigenvalue weighted by molar-refractivity contribution is 5.87. The fraction of sp³-hybridized carbons (Fsp3) is 0.235. The predicted octanol–water partition coefficient (Wildman–Crippen LogP) is 2.35. The van der Waals surface area contributed by atoms with Crippen molar-refractivity contribution in [3.05, 3.63) is 59.7 Å². The Morgan fingerprint density at radius 3 is 2.95 bits per heavy atom. The van der Waals surface area contributed by atoms with Crippen molar-refractivity contribution in [1.29, 1.82) is 0 Å². The first kappa shape index (κ1) is 13.5. The van der Waals surface area contributed by atoms with Crippen LogP contribution in [0.3, 0.4) is 0 Å². The first-order chi connectivity index (χ1) is 10.3. The fourth-order valence-corrected chi connectivity index (χ4v) is 2.55. The summed E-state index contributed by atoms with van der Waals surface area (Å²) in [6, 6.07) is 15.6. The van der Waals surface area contributed by atoms with Crippen LogP contribution in [0.5, 0.6) is 5.75 Å². The molecular weight excluding hydrogens is 264 g/mol. The highest BCUT2D eigenvalue weighted by atomic mass is 16.5. The van der Waals surface area contributed by atoms with Crippen LogP contribution in [-0.4, -0.2) is 19.1 Å². The maximum Gasteiger partial charge on any atom is 0.243 e. The molecule has 4 heteroatoms. The highest BCUT2D eigenvalue weighted by Crippen LogP contribution is 2.25. The number of hydrogen-bond donors (Lipinski definition) is 2. The number of hydrogen-bond acceptors (Lipinski definition) is 3. The summed E-state index contributed by atoms with van der Waals surface area (Å²) in [5, 5.41) is 6.23. The summed E-state index contributed by atoms with van der Waals surface area (Å²) < 4.78 is 5.18. The van der Waals surface area contributed by atoms with E-state index in [-0.39, 0.29) is 11.9 Å². The number of anilines is 1. The van der Waals surface area contributed by atoms with E-state index in [1.54, 1.807) is 7.11 Å². The van der Waals surface area contributed by atoms with Crippen molar-refractivity contribution >= 4 is 11.6 Å². The molecule has 1 unspecified atom stereocenters. The molecule has 1 heterocycles. The van der Waals surface area contributed by atoms with Gasteiger partial charge in [0.25, 0.3) is 0 Å². The molecule has 0 radical (unpaired) electrons. The van der Waals surface area contributed by atoms with E-state index in [0.717, 1.165) is 23.4 Å². The SMILES string of the molecule is COc1cccc(CNC(=O)C2Cc3ccccc3N2)c1. The van der Waals surface area contributed by atoms with Crippen LogP contribution in [0.1, 0.15) is 11.1 Å². The number of fused-ring (bicyclic) bond motifs is 1. The minimum Gasteiger partial charge on any atom is -0.497 e. The number of ether oxygens (including phenoxy) is 1. The average Bonchev–Trinajstić information content (AvgIpc) is 2.97. The van der Waals surface area contributed by atoms with Crippen LogP contribution < -0.4 is 15.4 Å². The average molecular weight is 282 g/mol. The quantitative estimate of drug-likeness (QED) is 0.905. The van der Waals surface area contributed by atoms with Crippen molar-refractivity contribution in [3.63, 3.8) is 0 Å². The van der Waals surface area contributed by atoms with E-state index in [2.05, 4.69) is 16.7 Å². The second-order valence-electron chi connectivity index (χ2n) is 5.13. The number of nitrogens with one attached hydrogen (secondary N) is 2. The molecule has 2 aromatic carbocycles. The molecule has 2 aromatic rings. The van der Waals surface area contributed by atoms with Gasteiger partial charge in [-0.15, -0.1) is 0 Å². The van der Waals surface area contributed by atoms with E-state index < -0.39 is 0 Å². The summed E-state index contributed by atoms with van der Waals surface area (Å²) in [7, 11) is 1.64. The Balaban J connectivity index is 1.58. The Bertz CT molecular complexity index is 630. The van der Waals surface area contributed by atoms with Crippen LogP contribution in [0.4, 0.5) is 5.69 Å². The molecule has 0 aliphatic carbocycles. The molecule has 3 rings (SSSR count). The molecule has 108 valence electrons. The van der Waals surface area contributed by atoms with E-state index in [0.29, 0.717) is 6.54 Å². The minimum absolute atomic E-state index is 0.0222. The van der Waals surface area contributed by atoms with Gasteiger partial charge in [0.1, 0.15) is 11.8 Å². The monoisotopic (exact) mass is 282 g/mol. The van der Waals surface area contributed by atoms with Gasteiger partial charge in [0.2, 0.25) is 5.91 Å². The van der Waals surface area contributed by atoms with Crippen molar-refractivity contribution < 1.29 is 9.53 Å². The van der Waals surface area contributed by atoms with Gasteiger partial charge in [0, 0.05) is 18.7 Å². The minimum atomic E-state index is -0.187. The number of amides is 1. The lowest BCUT2D eigenvalue weighted by molar-refractivity contribution is -0.121. The van der Waals surface area contributed by atoms with E-state index in [1.807, 2.05) is 42.5 Å².